The number of hydrogen-bond donors (Lipinski definition) is 1. The number of benzene rings is 1. The van der Waals surface area contributed by atoms with Gasteiger partial charge in [0.2, 0.25) is 0 Å². The van der Waals surface area contributed by atoms with Crippen LogP contribution in [0.3, 0.4) is 0 Å². The molecule has 1 nitrogen and oxygen atoms in total. The molecule has 0 bridgehead atoms. The molecule has 0 amide bonds. The first-order valence-corrected chi connectivity index (χ1v) is 8.92. The molecule has 0 saturated heterocycles. The van der Waals surface area contributed by atoms with Crippen molar-refractivity contribution in [3.63, 3.8) is 0 Å². The molecule has 0 fully saturated rings. The molecule has 1 aromatic heterocycles. The highest BCUT2D eigenvalue weighted by Crippen LogP contribution is 2.26. The van der Waals surface area contributed by atoms with Gasteiger partial charge in [-0.2, -0.15) is 0 Å². The molecule has 2 aromatic rings. The second-order valence-corrected chi connectivity index (χ2v) is 7.27. The lowest BCUT2D eigenvalue weighted by atomic mass is 10.0. The van der Waals surface area contributed by atoms with Gasteiger partial charge in [0, 0.05) is 15.4 Å². The predicted molar refractivity (Wildman–Crippen MR) is 93.4 cm³/mol. The second-order valence-electron chi connectivity index (χ2n) is 4.60. The van der Waals surface area contributed by atoms with Crippen LogP contribution in [0.25, 0.3) is 0 Å². The van der Waals surface area contributed by atoms with Crippen LogP contribution in [0.5, 0.6) is 0 Å². The van der Waals surface area contributed by atoms with Crippen LogP contribution in [0, 0.1) is 0 Å². The number of halogens is 3. The highest BCUT2D eigenvalue weighted by atomic mass is 79.9. The Morgan fingerprint density at radius 3 is 2.60 bits per heavy atom. The predicted octanol–water partition coefficient (Wildman–Crippen LogP) is 5.58. The Morgan fingerprint density at radius 1 is 1.20 bits per heavy atom. The smallest absolute Gasteiger partial charge is 0.0595 e. The van der Waals surface area contributed by atoms with Gasteiger partial charge in [-0.3, -0.25) is 0 Å². The van der Waals surface area contributed by atoms with Crippen LogP contribution in [0.1, 0.15) is 17.4 Å². The number of hydrogen-bond acceptors (Lipinski definition) is 2. The third-order valence-electron chi connectivity index (χ3n) is 3.08. The van der Waals surface area contributed by atoms with E-state index < -0.39 is 0 Å². The normalized spacial score (nSPS) is 12.6. The van der Waals surface area contributed by atoms with Crippen molar-refractivity contribution in [2.24, 2.45) is 0 Å². The zero-order chi connectivity index (χ0) is 14.5. The molecule has 1 atom stereocenters. The van der Waals surface area contributed by atoms with Gasteiger partial charge in [0.15, 0.2) is 0 Å². The van der Waals surface area contributed by atoms with Crippen LogP contribution in [0.15, 0.2) is 34.1 Å². The molecule has 1 unspecified atom stereocenters. The van der Waals surface area contributed by atoms with Crippen LogP contribution >= 0.6 is 50.5 Å². The summed E-state index contributed by atoms with van der Waals surface area (Å²) in [6.45, 7) is 3.08. The summed E-state index contributed by atoms with van der Waals surface area (Å²) in [5.74, 6) is 0. The van der Waals surface area contributed by atoms with Crippen molar-refractivity contribution in [2.75, 3.05) is 6.54 Å². The van der Waals surface area contributed by atoms with E-state index in [1.54, 1.807) is 11.3 Å². The average Bonchev–Trinajstić information content (AvgIpc) is 2.80. The van der Waals surface area contributed by atoms with Gasteiger partial charge in [-0.25, -0.2) is 0 Å². The fourth-order valence-electron chi connectivity index (χ4n) is 2.15. The van der Waals surface area contributed by atoms with Gasteiger partial charge in [-0.1, -0.05) is 36.2 Å². The van der Waals surface area contributed by atoms with Crippen LogP contribution in [-0.2, 0) is 12.8 Å². The van der Waals surface area contributed by atoms with Gasteiger partial charge in [-0.05, 0) is 64.5 Å². The van der Waals surface area contributed by atoms with E-state index in [0.29, 0.717) is 16.1 Å². The molecule has 0 aliphatic carbocycles. The zero-order valence-electron chi connectivity index (χ0n) is 11.1. The lowest BCUT2D eigenvalue weighted by molar-refractivity contribution is 0.524. The van der Waals surface area contributed by atoms with Crippen molar-refractivity contribution < 1.29 is 0 Å². The minimum Gasteiger partial charge on any atom is -0.314 e. The fraction of sp³-hybridized carbons (Fsp3) is 0.333. The number of likely N-dealkylation sites (N-methyl/N-ethyl adjacent to an activating group) is 1. The fourth-order valence-corrected chi connectivity index (χ4v) is 4.07. The van der Waals surface area contributed by atoms with Crippen molar-refractivity contribution in [1.82, 2.24) is 5.32 Å². The SMILES string of the molecule is CCNC(Cc1ccc(Cl)c(Cl)c1)Cc1sccc1Br. The first-order chi connectivity index (χ1) is 9.60. The second kappa shape index (κ2) is 7.81. The van der Waals surface area contributed by atoms with E-state index in [2.05, 4.69) is 39.6 Å². The van der Waals surface area contributed by atoms with Gasteiger partial charge in [0.1, 0.15) is 0 Å². The Balaban J connectivity index is 2.08. The Morgan fingerprint density at radius 2 is 2.00 bits per heavy atom. The standard InChI is InChI=1S/C15H16BrCl2NS/c1-2-19-11(9-15-12(16)5-6-20-15)7-10-3-4-13(17)14(18)8-10/h3-6,8,11,19H,2,7,9H2,1H3. The van der Waals surface area contributed by atoms with E-state index in [4.69, 9.17) is 23.2 Å². The molecule has 0 aliphatic rings. The van der Waals surface area contributed by atoms with E-state index in [1.807, 2.05) is 18.2 Å². The summed E-state index contributed by atoms with van der Waals surface area (Å²) in [7, 11) is 0. The summed E-state index contributed by atoms with van der Waals surface area (Å²) in [6, 6.07) is 8.36. The maximum absolute atomic E-state index is 6.08. The molecular weight excluding hydrogens is 377 g/mol. The minimum absolute atomic E-state index is 0.396. The van der Waals surface area contributed by atoms with E-state index in [1.165, 1.54) is 14.9 Å². The largest absolute Gasteiger partial charge is 0.314 e. The quantitative estimate of drug-likeness (QED) is 0.676. The Labute approximate surface area is 142 Å². The van der Waals surface area contributed by atoms with Crippen LogP contribution in [0.2, 0.25) is 10.0 Å². The maximum atomic E-state index is 6.08. The molecule has 1 N–H and O–H groups in total. The molecule has 0 aliphatic heterocycles. The lowest BCUT2D eigenvalue weighted by Crippen LogP contribution is -2.32. The minimum atomic E-state index is 0.396. The van der Waals surface area contributed by atoms with Crippen molar-refractivity contribution >= 4 is 50.5 Å². The van der Waals surface area contributed by atoms with Crippen molar-refractivity contribution in [1.29, 1.82) is 0 Å². The molecule has 1 heterocycles. The lowest BCUT2D eigenvalue weighted by Gasteiger charge is -2.18. The van der Waals surface area contributed by atoms with Gasteiger partial charge in [0.25, 0.3) is 0 Å². The molecule has 0 radical (unpaired) electrons. The van der Waals surface area contributed by atoms with E-state index in [-0.39, 0.29) is 0 Å². The van der Waals surface area contributed by atoms with Gasteiger partial charge < -0.3 is 5.32 Å². The Bertz CT molecular complexity index is 571. The topological polar surface area (TPSA) is 12.0 Å². The van der Waals surface area contributed by atoms with E-state index in [9.17, 15) is 0 Å². The van der Waals surface area contributed by atoms with Gasteiger partial charge >= 0.3 is 0 Å². The summed E-state index contributed by atoms with van der Waals surface area (Å²) >= 11 is 17.4. The zero-order valence-corrected chi connectivity index (χ0v) is 15.0. The third-order valence-corrected chi connectivity index (χ3v) is 5.77. The number of nitrogens with one attached hydrogen (secondary N) is 1. The molecule has 0 spiro atoms. The van der Waals surface area contributed by atoms with E-state index in [0.717, 1.165) is 19.4 Å². The summed E-state index contributed by atoms with van der Waals surface area (Å²) < 4.78 is 1.19. The van der Waals surface area contributed by atoms with E-state index >= 15 is 0 Å². The number of rotatable bonds is 6. The number of thiophene rings is 1. The first-order valence-electron chi connectivity index (χ1n) is 6.49. The summed E-state index contributed by atoms with van der Waals surface area (Å²) in [5, 5.41) is 6.88. The average molecular weight is 393 g/mol. The van der Waals surface area contributed by atoms with Crippen molar-refractivity contribution in [3.8, 4) is 0 Å². The molecule has 20 heavy (non-hydrogen) atoms. The first kappa shape index (κ1) is 16.3. The van der Waals surface area contributed by atoms with Crippen LogP contribution in [-0.4, -0.2) is 12.6 Å². The molecule has 0 saturated carbocycles. The highest BCUT2D eigenvalue weighted by molar-refractivity contribution is 9.10. The highest BCUT2D eigenvalue weighted by Gasteiger charge is 2.13. The van der Waals surface area contributed by atoms with Crippen LogP contribution in [0.4, 0.5) is 0 Å². The molecule has 2 rings (SSSR count). The van der Waals surface area contributed by atoms with Crippen molar-refractivity contribution in [3.05, 3.63) is 54.6 Å². The summed E-state index contributed by atoms with van der Waals surface area (Å²) in [6.07, 6.45) is 1.95. The molecule has 108 valence electrons. The molecule has 5 heteroatoms. The summed E-state index contributed by atoms with van der Waals surface area (Å²) in [5.41, 5.74) is 1.21. The van der Waals surface area contributed by atoms with Crippen molar-refractivity contribution in [2.45, 2.75) is 25.8 Å². The summed E-state index contributed by atoms with van der Waals surface area (Å²) in [4.78, 5) is 1.37. The van der Waals surface area contributed by atoms with Crippen LogP contribution < -0.4 is 5.32 Å². The molecular formula is C15H16BrCl2NS. The van der Waals surface area contributed by atoms with Gasteiger partial charge in [-0.15, -0.1) is 11.3 Å². The Kier molecular flexibility index (Phi) is 6.37. The Hall–Kier alpha value is -0.0600. The third kappa shape index (κ3) is 4.47. The molecule has 1 aromatic carbocycles. The van der Waals surface area contributed by atoms with Gasteiger partial charge in [0.05, 0.1) is 10.0 Å². The maximum Gasteiger partial charge on any atom is 0.0595 e. The monoisotopic (exact) mass is 391 g/mol.